The van der Waals surface area contributed by atoms with E-state index in [1.165, 1.54) is 4.31 Å². The predicted octanol–water partition coefficient (Wildman–Crippen LogP) is 3.93. The molecule has 0 unspecified atom stereocenters. The number of hydrogen-bond acceptors (Lipinski definition) is 5. The maximum Gasteiger partial charge on any atom is 0.308 e. The van der Waals surface area contributed by atoms with Gasteiger partial charge >= 0.3 is 4.87 Å². The average molecular weight is 519 g/mol. The van der Waals surface area contributed by atoms with Crippen molar-refractivity contribution >= 4 is 60.0 Å². The van der Waals surface area contributed by atoms with Crippen molar-refractivity contribution in [2.75, 3.05) is 26.2 Å². The maximum absolute atomic E-state index is 13.3. The summed E-state index contributed by atoms with van der Waals surface area (Å²) in [5.74, 6) is -0.175. The summed E-state index contributed by atoms with van der Waals surface area (Å²) in [4.78, 5) is 30.1. The number of piperazine rings is 1. The molecule has 1 saturated heterocycles. The van der Waals surface area contributed by atoms with Gasteiger partial charge in [-0.2, -0.15) is 4.31 Å². The number of nitrogens with one attached hydrogen (secondary N) is 1. The fourth-order valence-electron chi connectivity index (χ4n) is 4.34. The molecule has 1 aliphatic heterocycles. The third-order valence-electron chi connectivity index (χ3n) is 6.08. The van der Waals surface area contributed by atoms with E-state index in [2.05, 4.69) is 4.98 Å². The molecular weight excluding hydrogens is 496 g/mol. The summed E-state index contributed by atoms with van der Waals surface area (Å²) in [6, 6.07) is 11.9. The van der Waals surface area contributed by atoms with Crippen LogP contribution < -0.4 is 4.87 Å². The molecule has 0 aliphatic carbocycles. The first-order valence-electron chi connectivity index (χ1n) is 10.9. The fourth-order valence-corrected chi connectivity index (χ4v) is 7.09. The second kappa shape index (κ2) is 8.53. The molecule has 1 fully saturated rings. The van der Waals surface area contributed by atoms with Crippen molar-refractivity contribution in [3.05, 3.63) is 62.8 Å². The predicted molar refractivity (Wildman–Crippen MR) is 134 cm³/mol. The van der Waals surface area contributed by atoms with Crippen LogP contribution in [0.3, 0.4) is 0 Å². The number of carbonyl (C=O) groups is 1. The SMILES string of the molecule is CC(C)n1c(=O)sc2cc(S(=O)(=O)N3CCN(C(=O)c4cc5cc(Cl)ccc5[nH]4)CC3)ccc21. The minimum absolute atomic E-state index is 0.0106. The quantitative estimate of drug-likeness (QED) is 0.443. The van der Waals surface area contributed by atoms with Crippen LogP contribution in [0, 0.1) is 0 Å². The summed E-state index contributed by atoms with van der Waals surface area (Å²) < 4.78 is 30.3. The second-order valence-electron chi connectivity index (χ2n) is 8.57. The summed E-state index contributed by atoms with van der Waals surface area (Å²) in [5.41, 5.74) is 2.00. The van der Waals surface area contributed by atoms with Crippen molar-refractivity contribution in [3.8, 4) is 0 Å². The Morgan fingerprint density at radius 1 is 1.06 bits per heavy atom. The third-order valence-corrected chi connectivity index (χ3v) is 9.13. The van der Waals surface area contributed by atoms with Crippen LogP contribution in [0.25, 0.3) is 21.1 Å². The molecule has 34 heavy (non-hydrogen) atoms. The van der Waals surface area contributed by atoms with Crippen molar-refractivity contribution in [2.24, 2.45) is 0 Å². The van der Waals surface area contributed by atoms with Crippen LogP contribution in [-0.4, -0.2) is 59.3 Å². The zero-order valence-electron chi connectivity index (χ0n) is 18.6. The van der Waals surface area contributed by atoms with E-state index in [4.69, 9.17) is 11.6 Å². The van der Waals surface area contributed by atoms with E-state index in [1.54, 1.807) is 45.9 Å². The summed E-state index contributed by atoms with van der Waals surface area (Å²) in [5, 5.41) is 1.44. The highest BCUT2D eigenvalue weighted by molar-refractivity contribution is 7.89. The second-order valence-corrected chi connectivity index (χ2v) is 11.9. The zero-order chi connectivity index (χ0) is 24.2. The lowest BCUT2D eigenvalue weighted by Crippen LogP contribution is -2.50. The lowest BCUT2D eigenvalue weighted by molar-refractivity contribution is 0.0693. The summed E-state index contributed by atoms with van der Waals surface area (Å²) in [6.45, 7) is 4.80. The Balaban J connectivity index is 1.33. The number of benzene rings is 2. The molecule has 1 N–H and O–H groups in total. The van der Waals surface area contributed by atoms with Gasteiger partial charge in [-0.05, 0) is 56.3 Å². The van der Waals surface area contributed by atoms with Gasteiger partial charge in [-0.25, -0.2) is 8.42 Å². The van der Waals surface area contributed by atoms with Gasteiger partial charge in [0.2, 0.25) is 10.0 Å². The summed E-state index contributed by atoms with van der Waals surface area (Å²) >= 11 is 7.08. The van der Waals surface area contributed by atoms with E-state index in [0.29, 0.717) is 15.4 Å². The highest BCUT2D eigenvalue weighted by Crippen LogP contribution is 2.27. The number of H-pyrrole nitrogens is 1. The number of amides is 1. The van der Waals surface area contributed by atoms with Gasteiger partial charge in [-0.15, -0.1) is 0 Å². The Morgan fingerprint density at radius 3 is 2.50 bits per heavy atom. The molecule has 11 heteroatoms. The van der Waals surface area contributed by atoms with Crippen molar-refractivity contribution < 1.29 is 13.2 Å². The third kappa shape index (κ3) is 3.94. The van der Waals surface area contributed by atoms with Crippen LogP contribution >= 0.6 is 22.9 Å². The molecule has 0 bridgehead atoms. The molecular formula is C23H23ClN4O4S2. The van der Waals surface area contributed by atoms with Crippen LogP contribution in [0.5, 0.6) is 0 Å². The average Bonchev–Trinajstić information content (AvgIpc) is 3.37. The van der Waals surface area contributed by atoms with Crippen LogP contribution in [0.4, 0.5) is 0 Å². The van der Waals surface area contributed by atoms with Gasteiger partial charge in [0, 0.05) is 48.1 Å². The zero-order valence-corrected chi connectivity index (χ0v) is 21.0. The minimum Gasteiger partial charge on any atom is -0.351 e. The van der Waals surface area contributed by atoms with Crippen molar-refractivity contribution in [3.63, 3.8) is 0 Å². The molecule has 3 heterocycles. The van der Waals surface area contributed by atoms with Gasteiger partial charge in [-0.3, -0.25) is 14.2 Å². The lowest BCUT2D eigenvalue weighted by atomic mass is 10.2. The van der Waals surface area contributed by atoms with Crippen LogP contribution in [0.1, 0.15) is 30.4 Å². The monoisotopic (exact) mass is 518 g/mol. The minimum atomic E-state index is -3.75. The summed E-state index contributed by atoms with van der Waals surface area (Å²) in [7, 11) is -3.75. The molecule has 0 spiro atoms. The molecule has 0 saturated carbocycles. The molecule has 4 aromatic rings. The molecule has 1 aliphatic rings. The number of hydrogen-bond donors (Lipinski definition) is 1. The highest BCUT2D eigenvalue weighted by atomic mass is 35.5. The van der Waals surface area contributed by atoms with E-state index >= 15 is 0 Å². The van der Waals surface area contributed by atoms with E-state index in [9.17, 15) is 18.0 Å². The van der Waals surface area contributed by atoms with Crippen LogP contribution in [0.2, 0.25) is 5.02 Å². The first-order chi connectivity index (χ1) is 16.1. The number of thiazole rings is 1. The van der Waals surface area contributed by atoms with Crippen molar-refractivity contribution in [1.29, 1.82) is 0 Å². The first kappa shape index (κ1) is 23.1. The Labute approximate surface area is 205 Å². The molecule has 1 amide bonds. The van der Waals surface area contributed by atoms with Gasteiger partial charge < -0.3 is 9.88 Å². The van der Waals surface area contributed by atoms with Crippen LogP contribution in [-0.2, 0) is 10.0 Å². The van der Waals surface area contributed by atoms with Crippen molar-refractivity contribution in [1.82, 2.24) is 18.8 Å². The van der Waals surface area contributed by atoms with Crippen molar-refractivity contribution in [2.45, 2.75) is 24.8 Å². The Bertz CT molecular complexity index is 1580. The van der Waals surface area contributed by atoms with Gasteiger partial charge in [0.1, 0.15) is 5.69 Å². The number of rotatable bonds is 4. The molecule has 0 radical (unpaired) electrons. The normalized spacial score (nSPS) is 15.6. The number of carbonyl (C=O) groups excluding carboxylic acids is 1. The van der Waals surface area contributed by atoms with E-state index < -0.39 is 10.0 Å². The highest BCUT2D eigenvalue weighted by Gasteiger charge is 2.31. The Kier molecular flexibility index (Phi) is 5.79. The van der Waals surface area contributed by atoms with Gasteiger partial charge in [0.25, 0.3) is 5.91 Å². The Morgan fingerprint density at radius 2 is 1.79 bits per heavy atom. The number of aromatic amines is 1. The molecule has 2 aromatic carbocycles. The van der Waals surface area contributed by atoms with E-state index in [0.717, 1.165) is 27.8 Å². The molecule has 178 valence electrons. The maximum atomic E-state index is 13.3. The van der Waals surface area contributed by atoms with E-state index in [1.807, 2.05) is 19.9 Å². The van der Waals surface area contributed by atoms with Crippen LogP contribution in [0.15, 0.2) is 52.2 Å². The topological polar surface area (TPSA) is 95.5 Å². The number of halogens is 1. The molecule has 5 rings (SSSR count). The lowest BCUT2D eigenvalue weighted by Gasteiger charge is -2.33. The first-order valence-corrected chi connectivity index (χ1v) is 13.5. The smallest absolute Gasteiger partial charge is 0.308 e. The fraction of sp³-hybridized carbons (Fsp3) is 0.304. The van der Waals surface area contributed by atoms with Gasteiger partial charge in [0.05, 0.1) is 15.1 Å². The number of fused-ring (bicyclic) bond motifs is 2. The molecule has 0 atom stereocenters. The van der Waals surface area contributed by atoms with E-state index in [-0.39, 0.29) is 47.9 Å². The summed E-state index contributed by atoms with van der Waals surface area (Å²) in [6.07, 6.45) is 0. The van der Waals surface area contributed by atoms with Gasteiger partial charge in [0.15, 0.2) is 0 Å². The Hall–Kier alpha value is -2.66. The molecule has 8 nitrogen and oxygen atoms in total. The number of aromatic nitrogens is 2. The van der Waals surface area contributed by atoms with Gasteiger partial charge in [-0.1, -0.05) is 22.9 Å². The standard InChI is InChI=1S/C23H23ClN4O4S2/c1-14(2)28-20-6-4-17(13-21(20)33-23(28)30)34(31,32)27-9-7-26(8-10-27)22(29)19-12-15-11-16(24)3-5-18(15)25-19/h3-6,11-14,25H,7-10H2,1-2H3. The number of nitrogens with zero attached hydrogens (tertiary/aromatic N) is 3. The largest absolute Gasteiger partial charge is 0.351 e. The number of sulfonamides is 1. The molecule has 2 aromatic heterocycles.